The standard InChI is InChI=1S/C22H26BrClN2O6/c1-3-13(10-27)26-18(19(28)25-12-7-5-11(24)6-8-12)22-9-14(23)17(32-22)15(16(22)20(26)29)21(30)31-4-2/h5-8,13-18,27H,3-4,9-10H2,1-2H3,(H,25,28)/t13-,14?,15+,16-,17+,18+,22-/m0/s1. The van der Waals surface area contributed by atoms with Crippen LogP contribution in [0.5, 0.6) is 0 Å². The van der Waals surface area contributed by atoms with E-state index in [1.165, 1.54) is 4.90 Å². The molecule has 3 heterocycles. The van der Waals surface area contributed by atoms with Crippen molar-refractivity contribution in [3.63, 3.8) is 0 Å². The van der Waals surface area contributed by atoms with Crippen LogP contribution in [0.2, 0.25) is 5.02 Å². The average molecular weight is 530 g/mol. The summed E-state index contributed by atoms with van der Waals surface area (Å²) in [4.78, 5) is 41.3. The number of benzene rings is 1. The highest BCUT2D eigenvalue weighted by Gasteiger charge is 2.77. The highest BCUT2D eigenvalue weighted by Crippen LogP contribution is 2.60. The molecule has 32 heavy (non-hydrogen) atoms. The predicted octanol–water partition coefficient (Wildman–Crippen LogP) is 2.36. The van der Waals surface area contributed by atoms with E-state index in [1.807, 2.05) is 6.92 Å². The van der Waals surface area contributed by atoms with Crippen molar-refractivity contribution in [1.82, 2.24) is 4.90 Å². The Hall–Kier alpha value is -1.68. The Morgan fingerprint density at radius 2 is 2.06 bits per heavy atom. The molecule has 3 saturated heterocycles. The summed E-state index contributed by atoms with van der Waals surface area (Å²) < 4.78 is 11.6. The van der Waals surface area contributed by atoms with Crippen LogP contribution in [0.3, 0.4) is 0 Å². The molecule has 2 bridgehead atoms. The SMILES string of the molecule is CCOC(=O)[C@H]1[C@@H]2O[C@@]3(CC2Br)[C@@H]1C(=O)N([C@@H](CC)CO)[C@@H]3C(=O)Nc1ccc(Cl)cc1. The van der Waals surface area contributed by atoms with Crippen LogP contribution in [0.1, 0.15) is 26.7 Å². The maximum Gasteiger partial charge on any atom is 0.312 e. The number of hydrogen-bond acceptors (Lipinski definition) is 6. The molecular weight excluding hydrogens is 504 g/mol. The van der Waals surface area contributed by atoms with Gasteiger partial charge in [-0.05, 0) is 44.0 Å². The molecule has 1 aromatic carbocycles. The molecule has 3 aliphatic rings. The zero-order valence-corrected chi connectivity index (χ0v) is 20.1. The molecule has 1 unspecified atom stereocenters. The monoisotopic (exact) mass is 528 g/mol. The first-order valence-corrected chi connectivity index (χ1v) is 12.1. The molecule has 0 saturated carbocycles. The lowest BCUT2D eigenvalue weighted by atomic mass is 9.70. The van der Waals surface area contributed by atoms with E-state index in [-0.39, 0.29) is 23.9 Å². The van der Waals surface area contributed by atoms with Crippen LogP contribution in [-0.2, 0) is 23.9 Å². The zero-order valence-electron chi connectivity index (χ0n) is 17.8. The number of halogens is 2. The number of carbonyl (C=O) groups excluding carboxylic acids is 3. The van der Waals surface area contributed by atoms with Gasteiger partial charge in [0.2, 0.25) is 11.8 Å². The van der Waals surface area contributed by atoms with E-state index in [0.717, 1.165) is 0 Å². The van der Waals surface area contributed by atoms with Gasteiger partial charge in [0.15, 0.2) is 0 Å². The molecule has 1 spiro atoms. The molecule has 0 radical (unpaired) electrons. The fourth-order valence-corrected chi connectivity index (χ4v) is 6.49. The lowest BCUT2D eigenvalue weighted by Crippen LogP contribution is -2.56. The molecule has 3 aliphatic heterocycles. The number of aliphatic hydroxyl groups excluding tert-OH is 1. The normalized spacial score (nSPS) is 33.8. The smallest absolute Gasteiger partial charge is 0.312 e. The van der Waals surface area contributed by atoms with Crippen molar-refractivity contribution in [3.8, 4) is 0 Å². The van der Waals surface area contributed by atoms with E-state index >= 15 is 0 Å². The number of likely N-dealkylation sites (tertiary alicyclic amines) is 1. The van der Waals surface area contributed by atoms with E-state index in [0.29, 0.717) is 23.6 Å². The Labute approximate surface area is 199 Å². The zero-order chi connectivity index (χ0) is 23.2. The summed E-state index contributed by atoms with van der Waals surface area (Å²) in [6.45, 7) is 3.42. The van der Waals surface area contributed by atoms with Gasteiger partial charge in [-0.15, -0.1) is 0 Å². The minimum Gasteiger partial charge on any atom is -0.466 e. The molecule has 7 atom stereocenters. The first-order chi connectivity index (χ1) is 15.3. The first kappa shape index (κ1) is 23.5. The number of rotatable bonds is 7. The second-order valence-electron chi connectivity index (χ2n) is 8.40. The van der Waals surface area contributed by atoms with Crippen LogP contribution in [0.25, 0.3) is 0 Å². The van der Waals surface area contributed by atoms with Gasteiger partial charge in [0.25, 0.3) is 0 Å². The van der Waals surface area contributed by atoms with Gasteiger partial charge in [-0.2, -0.15) is 0 Å². The number of alkyl halides is 1. The maximum atomic E-state index is 13.7. The van der Waals surface area contributed by atoms with E-state index in [1.54, 1.807) is 31.2 Å². The number of carbonyl (C=O) groups is 3. The molecule has 4 rings (SSSR count). The molecule has 174 valence electrons. The number of nitrogens with zero attached hydrogens (tertiary/aromatic N) is 1. The molecular formula is C22H26BrClN2O6. The molecule has 2 N–H and O–H groups in total. The Balaban J connectivity index is 1.75. The highest BCUT2D eigenvalue weighted by molar-refractivity contribution is 9.09. The van der Waals surface area contributed by atoms with Gasteiger partial charge in [-0.25, -0.2) is 0 Å². The topological polar surface area (TPSA) is 105 Å². The fourth-order valence-electron chi connectivity index (χ4n) is 5.43. The second-order valence-corrected chi connectivity index (χ2v) is 10.0. The number of ether oxygens (including phenoxy) is 2. The Morgan fingerprint density at radius 3 is 2.66 bits per heavy atom. The number of amides is 2. The highest BCUT2D eigenvalue weighted by atomic mass is 79.9. The summed E-state index contributed by atoms with van der Waals surface area (Å²) >= 11 is 9.54. The minimum atomic E-state index is -1.19. The summed E-state index contributed by atoms with van der Waals surface area (Å²) in [6.07, 6.45) is 0.271. The molecule has 0 aliphatic carbocycles. The molecule has 2 amide bonds. The lowest BCUT2D eigenvalue weighted by molar-refractivity contribution is -0.155. The third kappa shape index (κ3) is 3.54. The number of aliphatic hydroxyl groups is 1. The Bertz CT molecular complexity index is 910. The Kier molecular flexibility index (Phi) is 6.55. The van der Waals surface area contributed by atoms with Gasteiger partial charge in [0, 0.05) is 15.5 Å². The van der Waals surface area contributed by atoms with Crippen molar-refractivity contribution in [2.45, 2.75) is 55.3 Å². The van der Waals surface area contributed by atoms with Gasteiger partial charge < -0.3 is 24.8 Å². The fraction of sp³-hybridized carbons (Fsp3) is 0.591. The van der Waals surface area contributed by atoms with Gasteiger partial charge >= 0.3 is 5.97 Å². The van der Waals surface area contributed by atoms with Crippen LogP contribution in [0, 0.1) is 11.8 Å². The van der Waals surface area contributed by atoms with Gasteiger partial charge in [0.1, 0.15) is 11.6 Å². The van der Waals surface area contributed by atoms with Crippen LogP contribution in [0.4, 0.5) is 5.69 Å². The average Bonchev–Trinajstić information content (AvgIpc) is 3.35. The largest absolute Gasteiger partial charge is 0.466 e. The van der Waals surface area contributed by atoms with Crippen LogP contribution < -0.4 is 5.32 Å². The van der Waals surface area contributed by atoms with Crippen molar-refractivity contribution < 1.29 is 29.0 Å². The number of anilines is 1. The summed E-state index contributed by atoms with van der Waals surface area (Å²) in [5, 5.41) is 13.4. The van der Waals surface area contributed by atoms with Crippen molar-refractivity contribution in [2.75, 3.05) is 18.5 Å². The van der Waals surface area contributed by atoms with E-state index in [9.17, 15) is 19.5 Å². The number of nitrogens with one attached hydrogen (secondary N) is 1. The number of esters is 1. The molecule has 1 aromatic rings. The van der Waals surface area contributed by atoms with Crippen LogP contribution >= 0.6 is 27.5 Å². The van der Waals surface area contributed by atoms with E-state index in [4.69, 9.17) is 21.1 Å². The van der Waals surface area contributed by atoms with Gasteiger partial charge in [-0.3, -0.25) is 14.4 Å². The van der Waals surface area contributed by atoms with Gasteiger partial charge in [-0.1, -0.05) is 34.5 Å². The second kappa shape index (κ2) is 8.93. The van der Waals surface area contributed by atoms with Crippen molar-refractivity contribution in [2.24, 2.45) is 11.8 Å². The quantitative estimate of drug-likeness (QED) is 0.415. The summed E-state index contributed by atoms with van der Waals surface area (Å²) in [5.74, 6) is -2.95. The third-order valence-corrected chi connectivity index (χ3v) is 7.82. The Morgan fingerprint density at radius 1 is 1.38 bits per heavy atom. The van der Waals surface area contributed by atoms with Crippen molar-refractivity contribution >= 4 is 51.0 Å². The molecule has 8 nitrogen and oxygen atoms in total. The number of hydrogen-bond donors (Lipinski definition) is 2. The maximum absolute atomic E-state index is 13.7. The lowest BCUT2D eigenvalue weighted by Gasteiger charge is -2.36. The molecule has 10 heteroatoms. The van der Waals surface area contributed by atoms with E-state index in [2.05, 4.69) is 21.2 Å². The summed E-state index contributed by atoms with van der Waals surface area (Å²) in [6, 6.07) is 5.06. The number of fused-ring (bicyclic) bond motifs is 1. The van der Waals surface area contributed by atoms with Crippen LogP contribution in [0.15, 0.2) is 24.3 Å². The van der Waals surface area contributed by atoms with Crippen molar-refractivity contribution in [3.05, 3.63) is 29.3 Å². The molecule has 0 aromatic heterocycles. The summed E-state index contributed by atoms with van der Waals surface area (Å²) in [5.41, 5.74) is -0.666. The predicted molar refractivity (Wildman–Crippen MR) is 120 cm³/mol. The van der Waals surface area contributed by atoms with Crippen molar-refractivity contribution in [1.29, 1.82) is 0 Å². The van der Waals surface area contributed by atoms with E-state index < -0.39 is 47.5 Å². The van der Waals surface area contributed by atoms with Crippen LogP contribution in [-0.4, -0.2) is 69.6 Å². The minimum absolute atomic E-state index is 0.182. The summed E-state index contributed by atoms with van der Waals surface area (Å²) in [7, 11) is 0. The van der Waals surface area contributed by atoms with Gasteiger partial charge in [0.05, 0.1) is 37.2 Å². The molecule has 3 fully saturated rings. The third-order valence-electron chi connectivity index (χ3n) is 6.72. The first-order valence-electron chi connectivity index (χ1n) is 10.8.